The lowest BCUT2D eigenvalue weighted by atomic mass is 9.93. The van der Waals surface area contributed by atoms with Crippen LogP contribution in [0, 0.1) is 5.92 Å². The largest absolute Gasteiger partial charge is 0.458 e. The van der Waals surface area contributed by atoms with Gasteiger partial charge in [0.15, 0.2) is 0 Å². The van der Waals surface area contributed by atoms with E-state index < -0.39 is 29.6 Å². The lowest BCUT2D eigenvalue weighted by Gasteiger charge is -2.35. The van der Waals surface area contributed by atoms with Gasteiger partial charge in [-0.3, -0.25) is 4.79 Å². The van der Waals surface area contributed by atoms with Gasteiger partial charge in [0.25, 0.3) is 0 Å². The standard InChI is InChI=1S/C13H21NO5/c1-8-6-7-9(11(16)19-13(2,3)4)14(10(8)15)12(17)18-5/h8-9H,6-7H2,1-5H3/t8-,9-/m0/s1. The topological polar surface area (TPSA) is 72.9 Å². The molecule has 19 heavy (non-hydrogen) atoms. The van der Waals surface area contributed by atoms with Crippen LogP contribution in [0.3, 0.4) is 0 Å². The van der Waals surface area contributed by atoms with Crippen molar-refractivity contribution < 1.29 is 23.9 Å². The number of methoxy groups -OCH3 is 1. The van der Waals surface area contributed by atoms with Gasteiger partial charge in [-0.15, -0.1) is 0 Å². The normalized spacial score (nSPS) is 24.1. The van der Waals surface area contributed by atoms with Crippen LogP contribution in [0.2, 0.25) is 0 Å². The zero-order valence-electron chi connectivity index (χ0n) is 12.1. The summed E-state index contributed by atoms with van der Waals surface area (Å²) in [7, 11) is 1.18. The molecule has 0 aromatic heterocycles. The van der Waals surface area contributed by atoms with Gasteiger partial charge in [-0.05, 0) is 33.6 Å². The van der Waals surface area contributed by atoms with Crippen LogP contribution in [0.5, 0.6) is 0 Å². The summed E-state index contributed by atoms with van der Waals surface area (Å²) in [6.45, 7) is 6.94. The molecule has 0 aromatic rings. The summed E-state index contributed by atoms with van der Waals surface area (Å²) in [5.74, 6) is -1.26. The number of carbonyl (C=O) groups excluding carboxylic acids is 3. The van der Waals surface area contributed by atoms with E-state index in [0.717, 1.165) is 4.90 Å². The van der Waals surface area contributed by atoms with Crippen LogP contribution in [-0.4, -0.2) is 41.6 Å². The van der Waals surface area contributed by atoms with Crippen molar-refractivity contribution in [2.75, 3.05) is 7.11 Å². The van der Waals surface area contributed by atoms with Crippen LogP contribution in [0.1, 0.15) is 40.5 Å². The van der Waals surface area contributed by atoms with Crippen LogP contribution in [-0.2, 0) is 19.1 Å². The molecule has 1 heterocycles. The Labute approximate surface area is 113 Å². The van der Waals surface area contributed by atoms with E-state index >= 15 is 0 Å². The van der Waals surface area contributed by atoms with Crippen LogP contribution in [0.4, 0.5) is 4.79 Å². The van der Waals surface area contributed by atoms with Crippen molar-refractivity contribution in [3.8, 4) is 0 Å². The number of rotatable bonds is 1. The fourth-order valence-corrected chi connectivity index (χ4v) is 1.96. The molecule has 1 aliphatic rings. The first-order chi connectivity index (χ1) is 8.67. The Balaban J connectivity index is 2.93. The maximum absolute atomic E-state index is 12.1. The van der Waals surface area contributed by atoms with E-state index in [9.17, 15) is 14.4 Å². The molecule has 0 radical (unpaired) electrons. The van der Waals surface area contributed by atoms with Gasteiger partial charge in [-0.25, -0.2) is 14.5 Å². The highest BCUT2D eigenvalue weighted by molar-refractivity contribution is 5.98. The number of esters is 1. The number of nitrogens with zero attached hydrogens (tertiary/aromatic N) is 1. The van der Waals surface area contributed by atoms with E-state index in [1.54, 1.807) is 27.7 Å². The molecule has 0 unspecified atom stereocenters. The molecule has 2 amide bonds. The van der Waals surface area contributed by atoms with E-state index in [2.05, 4.69) is 4.74 Å². The van der Waals surface area contributed by atoms with Gasteiger partial charge in [0.2, 0.25) is 5.91 Å². The van der Waals surface area contributed by atoms with Crippen LogP contribution in [0.25, 0.3) is 0 Å². The molecule has 108 valence electrons. The number of hydrogen-bond donors (Lipinski definition) is 0. The Kier molecular flexibility index (Phi) is 4.55. The Morgan fingerprint density at radius 3 is 2.32 bits per heavy atom. The third-order valence-electron chi connectivity index (χ3n) is 2.89. The van der Waals surface area contributed by atoms with Crippen LogP contribution >= 0.6 is 0 Å². The van der Waals surface area contributed by atoms with E-state index in [4.69, 9.17) is 4.74 Å². The maximum atomic E-state index is 12.1. The number of ether oxygens (including phenoxy) is 2. The minimum Gasteiger partial charge on any atom is -0.458 e. The summed E-state index contributed by atoms with van der Waals surface area (Å²) < 4.78 is 9.82. The molecular weight excluding hydrogens is 250 g/mol. The molecule has 0 bridgehead atoms. The lowest BCUT2D eigenvalue weighted by Crippen LogP contribution is -2.55. The quantitative estimate of drug-likeness (QED) is 0.679. The second-order valence-corrected chi connectivity index (χ2v) is 5.71. The predicted octanol–water partition coefficient (Wildman–Crippen LogP) is 1.72. The van der Waals surface area contributed by atoms with Crippen molar-refractivity contribution in [2.45, 2.75) is 52.2 Å². The van der Waals surface area contributed by atoms with E-state index in [-0.39, 0.29) is 5.92 Å². The van der Waals surface area contributed by atoms with E-state index in [1.807, 2.05) is 0 Å². The molecule has 0 saturated carbocycles. The summed E-state index contributed by atoms with van der Waals surface area (Å²) in [6, 6.07) is -0.893. The number of piperidine rings is 1. The number of hydrogen-bond acceptors (Lipinski definition) is 5. The van der Waals surface area contributed by atoms with Crippen LogP contribution < -0.4 is 0 Å². The summed E-state index contributed by atoms with van der Waals surface area (Å²) in [6.07, 6.45) is 0.139. The highest BCUT2D eigenvalue weighted by Crippen LogP contribution is 2.25. The average molecular weight is 271 g/mol. The number of amides is 2. The summed E-state index contributed by atoms with van der Waals surface area (Å²) in [5, 5.41) is 0. The summed E-state index contributed by atoms with van der Waals surface area (Å²) in [4.78, 5) is 36.7. The first-order valence-corrected chi connectivity index (χ1v) is 6.31. The number of likely N-dealkylation sites (tertiary alicyclic amines) is 1. The molecule has 0 N–H and O–H groups in total. The molecule has 0 spiro atoms. The summed E-state index contributed by atoms with van der Waals surface area (Å²) in [5.41, 5.74) is -0.662. The highest BCUT2D eigenvalue weighted by Gasteiger charge is 2.43. The van der Waals surface area contributed by atoms with Gasteiger partial charge in [0.1, 0.15) is 11.6 Å². The van der Waals surface area contributed by atoms with Crippen molar-refractivity contribution in [2.24, 2.45) is 5.92 Å². The monoisotopic (exact) mass is 271 g/mol. The smallest absolute Gasteiger partial charge is 0.417 e. The number of imide groups is 1. The zero-order chi connectivity index (χ0) is 14.8. The summed E-state index contributed by atoms with van der Waals surface area (Å²) >= 11 is 0. The first-order valence-electron chi connectivity index (χ1n) is 6.31. The highest BCUT2D eigenvalue weighted by atomic mass is 16.6. The van der Waals surface area contributed by atoms with Crippen molar-refractivity contribution in [3.63, 3.8) is 0 Å². The molecular formula is C13H21NO5. The van der Waals surface area contributed by atoms with Gasteiger partial charge in [-0.2, -0.15) is 0 Å². The minimum atomic E-state index is -0.893. The van der Waals surface area contributed by atoms with Crippen molar-refractivity contribution in [1.29, 1.82) is 0 Å². The third kappa shape index (κ3) is 3.68. The Morgan fingerprint density at radius 2 is 1.84 bits per heavy atom. The van der Waals surface area contributed by atoms with Gasteiger partial charge in [0, 0.05) is 5.92 Å². The van der Waals surface area contributed by atoms with Crippen LogP contribution in [0.15, 0.2) is 0 Å². The molecule has 1 aliphatic heterocycles. The molecule has 6 heteroatoms. The maximum Gasteiger partial charge on any atom is 0.417 e. The predicted molar refractivity (Wildman–Crippen MR) is 67.3 cm³/mol. The van der Waals surface area contributed by atoms with Crippen molar-refractivity contribution >= 4 is 18.0 Å². The second-order valence-electron chi connectivity index (χ2n) is 5.71. The molecule has 1 rings (SSSR count). The van der Waals surface area contributed by atoms with Gasteiger partial charge >= 0.3 is 12.1 Å². The van der Waals surface area contributed by atoms with Gasteiger partial charge < -0.3 is 9.47 Å². The average Bonchev–Trinajstić information content (AvgIpc) is 2.29. The first kappa shape index (κ1) is 15.5. The molecule has 0 aliphatic carbocycles. The molecule has 6 nitrogen and oxygen atoms in total. The van der Waals surface area contributed by atoms with E-state index in [0.29, 0.717) is 12.8 Å². The fourth-order valence-electron chi connectivity index (χ4n) is 1.96. The fraction of sp³-hybridized carbons (Fsp3) is 0.769. The molecule has 1 fully saturated rings. The zero-order valence-corrected chi connectivity index (χ0v) is 12.1. The van der Waals surface area contributed by atoms with Gasteiger partial charge in [0.05, 0.1) is 7.11 Å². The minimum absolute atomic E-state index is 0.294. The lowest BCUT2D eigenvalue weighted by molar-refractivity contribution is -0.166. The van der Waals surface area contributed by atoms with Crippen molar-refractivity contribution in [3.05, 3.63) is 0 Å². The Bertz CT molecular complexity index is 385. The molecule has 1 saturated heterocycles. The molecule has 2 atom stereocenters. The van der Waals surface area contributed by atoms with E-state index in [1.165, 1.54) is 7.11 Å². The second kappa shape index (κ2) is 5.59. The molecule has 0 aromatic carbocycles. The Hall–Kier alpha value is -1.59. The van der Waals surface area contributed by atoms with Crippen molar-refractivity contribution in [1.82, 2.24) is 4.90 Å². The Morgan fingerprint density at radius 1 is 1.26 bits per heavy atom. The van der Waals surface area contributed by atoms with Gasteiger partial charge in [-0.1, -0.05) is 6.92 Å². The third-order valence-corrected chi connectivity index (χ3v) is 2.89. The SMILES string of the molecule is COC(=O)N1C(=O)[C@@H](C)CC[C@H]1C(=O)OC(C)(C)C. The number of carbonyl (C=O) groups is 3.